The van der Waals surface area contributed by atoms with E-state index >= 15 is 4.39 Å². The summed E-state index contributed by atoms with van der Waals surface area (Å²) >= 11 is 0. The van der Waals surface area contributed by atoms with Crippen LogP contribution in [0.1, 0.15) is 55.1 Å². The van der Waals surface area contributed by atoms with E-state index in [0.717, 1.165) is 11.3 Å². The molecule has 1 aliphatic carbocycles. The van der Waals surface area contributed by atoms with E-state index in [2.05, 4.69) is 10.4 Å². The van der Waals surface area contributed by atoms with Crippen LogP contribution in [0.25, 0.3) is 28.1 Å². The zero-order chi connectivity index (χ0) is 29.0. The molecule has 212 valence electrons. The summed E-state index contributed by atoms with van der Waals surface area (Å²) in [6.45, 7) is 7.87. The fourth-order valence-corrected chi connectivity index (χ4v) is 6.99. The number of nitrogens with zero attached hydrogens (tertiary/aromatic N) is 6. The van der Waals surface area contributed by atoms with Gasteiger partial charge in [0.05, 0.1) is 39.8 Å². The Morgan fingerprint density at radius 2 is 1.76 bits per heavy atom. The van der Waals surface area contributed by atoms with Gasteiger partial charge in [-0.1, -0.05) is 0 Å². The van der Waals surface area contributed by atoms with Crippen molar-refractivity contribution in [1.29, 1.82) is 0 Å². The molecule has 1 atom stereocenters. The zero-order valence-electron chi connectivity index (χ0n) is 23.5. The predicted molar refractivity (Wildman–Crippen MR) is 150 cm³/mol. The van der Waals surface area contributed by atoms with Gasteiger partial charge in [0.2, 0.25) is 0 Å². The molecule has 2 N–H and O–H groups in total. The summed E-state index contributed by atoms with van der Waals surface area (Å²) in [6.07, 6.45) is 5.64. The normalized spacial score (nSPS) is 23.8. The van der Waals surface area contributed by atoms with Gasteiger partial charge >= 0.3 is 5.69 Å². The Kier molecular flexibility index (Phi) is 5.34. The molecule has 1 fully saturated rings. The second-order valence-corrected chi connectivity index (χ2v) is 12.0. The molecule has 9 nitrogen and oxygen atoms in total. The van der Waals surface area contributed by atoms with Crippen LogP contribution in [0.4, 0.5) is 8.78 Å². The van der Waals surface area contributed by atoms with E-state index < -0.39 is 22.5 Å². The number of rotatable bonds is 3. The van der Waals surface area contributed by atoms with Gasteiger partial charge in [-0.05, 0) is 75.9 Å². The summed E-state index contributed by atoms with van der Waals surface area (Å²) < 4.78 is 36.3. The quantitative estimate of drug-likeness (QED) is 0.348. The molecule has 1 aliphatic heterocycles. The number of nitrogens with one attached hydrogen (secondary N) is 1. The van der Waals surface area contributed by atoms with Gasteiger partial charge < -0.3 is 10.4 Å². The summed E-state index contributed by atoms with van der Waals surface area (Å²) in [6, 6.07) is 6.57. The SMILES string of the molecule is Cc1cc(-n2nc3c(c2-n2ccn(-c4ccc5c(cnn5C)c4F)c2=O)[C@H](C)NCC32CC(C)(O)C2)cc(C)c1F. The Bertz CT molecular complexity index is 1910. The van der Waals surface area contributed by atoms with Gasteiger partial charge in [-0.3, -0.25) is 13.8 Å². The predicted octanol–water partition coefficient (Wildman–Crippen LogP) is 4.04. The van der Waals surface area contributed by atoms with Crippen LogP contribution in [0.2, 0.25) is 0 Å². The lowest BCUT2D eigenvalue weighted by Crippen LogP contribution is -2.60. The molecular weight excluding hydrogens is 528 g/mol. The minimum Gasteiger partial charge on any atom is -0.390 e. The van der Waals surface area contributed by atoms with Crippen molar-refractivity contribution >= 4 is 10.9 Å². The van der Waals surface area contributed by atoms with Crippen molar-refractivity contribution < 1.29 is 13.9 Å². The third-order valence-electron chi connectivity index (χ3n) is 8.79. The molecule has 1 spiro atoms. The largest absolute Gasteiger partial charge is 0.390 e. The minimum atomic E-state index is -0.810. The van der Waals surface area contributed by atoms with Crippen LogP contribution in [-0.2, 0) is 12.5 Å². The second kappa shape index (κ2) is 8.46. The zero-order valence-corrected chi connectivity index (χ0v) is 23.5. The Labute approximate surface area is 234 Å². The summed E-state index contributed by atoms with van der Waals surface area (Å²) in [5, 5.41) is 23.8. The highest BCUT2D eigenvalue weighted by molar-refractivity contribution is 5.81. The first kappa shape index (κ1) is 25.8. The lowest BCUT2D eigenvalue weighted by Gasteiger charge is -2.53. The number of aliphatic hydroxyl groups is 1. The molecule has 41 heavy (non-hydrogen) atoms. The van der Waals surface area contributed by atoms with Crippen molar-refractivity contribution in [2.75, 3.05) is 6.54 Å². The molecule has 5 aromatic rings. The van der Waals surface area contributed by atoms with Crippen molar-refractivity contribution in [3.8, 4) is 17.2 Å². The van der Waals surface area contributed by atoms with Crippen molar-refractivity contribution in [3.05, 3.63) is 87.4 Å². The van der Waals surface area contributed by atoms with E-state index in [9.17, 15) is 14.3 Å². The Hall–Kier alpha value is -4.09. The molecule has 0 saturated heterocycles. The molecule has 0 bridgehead atoms. The van der Waals surface area contributed by atoms with Crippen LogP contribution in [-0.4, -0.2) is 45.9 Å². The van der Waals surface area contributed by atoms with Crippen LogP contribution in [0.5, 0.6) is 0 Å². The Morgan fingerprint density at radius 1 is 1.07 bits per heavy atom. The summed E-state index contributed by atoms with van der Waals surface area (Å²) in [7, 11) is 1.73. The van der Waals surface area contributed by atoms with Crippen LogP contribution < -0.4 is 11.0 Å². The highest BCUT2D eigenvalue weighted by Crippen LogP contribution is 2.54. The topological polar surface area (TPSA) is 94.8 Å². The summed E-state index contributed by atoms with van der Waals surface area (Å²) in [5.41, 5.74) is 2.22. The Balaban J connectivity index is 1.48. The number of hydrogen-bond acceptors (Lipinski definition) is 5. The average molecular weight is 560 g/mol. The van der Waals surface area contributed by atoms with Gasteiger partial charge in [0.1, 0.15) is 11.6 Å². The maximum absolute atomic E-state index is 15.6. The van der Waals surface area contributed by atoms with E-state index in [1.165, 1.54) is 15.3 Å². The first-order valence-electron chi connectivity index (χ1n) is 13.7. The molecule has 2 aliphatic rings. The lowest BCUT2D eigenvalue weighted by molar-refractivity contribution is -0.0802. The second-order valence-electron chi connectivity index (χ2n) is 12.0. The fourth-order valence-electron chi connectivity index (χ4n) is 6.99. The highest BCUT2D eigenvalue weighted by Gasteiger charge is 2.57. The summed E-state index contributed by atoms with van der Waals surface area (Å²) in [5.74, 6) is -0.331. The minimum absolute atomic E-state index is 0.111. The number of aromatic nitrogens is 6. The van der Waals surface area contributed by atoms with Crippen LogP contribution >= 0.6 is 0 Å². The standard InChI is InChI=1S/C30H31F2N7O2/c1-16-10-19(11-17(2)24(16)31)39-27(23-18(3)33-15-30(26(23)35-39)13-29(4,41)14-30)38-9-8-37(28(38)40)22-7-6-21-20(25(22)32)12-34-36(21)5/h6-12,18,33,41H,13-15H2,1-5H3/t18-,29?,30?/m0/s1. The maximum atomic E-state index is 15.6. The summed E-state index contributed by atoms with van der Waals surface area (Å²) in [4.78, 5) is 14.1. The van der Waals surface area contributed by atoms with E-state index in [0.29, 0.717) is 52.9 Å². The van der Waals surface area contributed by atoms with Gasteiger partial charge in [-0.2, -0.15) is 10.2 Å². The highest BCUT2D eigenvalue weighted by atomic mass is 19.1. The van der Waals surface area contributed by atoms with E-state index in [-0.39, 0.29) is 17.5 Å². The molecule has 3 aromatic heterocycles. The van der Waals surface area contributed by atoms with Crippen LogP contribution in [0.3, 0.4) is 0 Å². The molecular formula is C30H31F2N7O2. The van der Waals surface area contributed by atoms with Crippen molar-refractivity contribution in [3.63, 3.8) is 0 Å². The number of halogens is 2. The van der Waals surface area contributed by atoms with Crippen LogP contribution in [0.15, 0.2) is 47.7 Å². The van der Waals surface area contributed by atoms with Gasteiger partial charge in [0.25, 0.3) is 0 Å². The molecule has 4 heterocycles. The molecule has 0 amide bonds. The Morgan fingerprint density at radius 3 is 2.44 bits per heavy atom. The molecule has 2 aromatic carbocycles. The third-order valence-corrected chi connectivity index (χ3v) is 8.79. The smallest absolute Gasteiger partial charge is 0.338 e. The lowest BCUT2D eigenvalue weighted by atomic mass is 9.56. The first-order chi connectivity index (χ1) is 19.4. The van der Waals surface area contributed by atoms with Gasteiger partial charge in [0.15, 0.2) is 5.82 Å². The van der Waals surface area contributed by atoms with E-state index in [1.807, 2.05) is 13.8 Å². The molecule has 1 saturated carbocycles. The monoisotopic (exact) mass is 559 g/mol. The fraction of sp³-hybridized carbons (Fsp3) is 0.367. The maximum Gasteiger partial charge on any atom is 0.338 e. The van der Waals surface area contributed by atoms with E-state index in [1.54, 1.807) is 66.9 Å². The molecule has 7 rings (SSSR count). The number of aryl methyl sites for hydroxylation is 3. The average Bonchev–Trinajstić information content (AvgIpc) is 3.59. The number of benzene rings is 2. The first-order valence-corrected chi connectivity index (χ1v) is 13.7. The van der Waals surface area contributed by atoms with Crippen molar-refractivity contribution in [2.45, 2.75) is 57.6 Å². The third kappa shape index (κ3) is 3.61. The number of fused-ring (bicyclic) bond motifs is 3. The van der Waals surface area contributed by atoms with Crippen LogP contribution in [0, 0.1) is 25.5 Å². The van der Waals surface area contributed by atoms with Crippen molar-refractivity contribution in [2.24, 2.45) is 7.05 Å². The van der Waals surface area contributed by atoms with Gasteiger partial charge in [0, 0.05) is 43.0 Å². The van der Waals surface area contributed by atoms with E-state index in [4.69, 9.17) is 5.10 Å². The number of imidazole rings is 1. The number of hydrogen-bond donors (Lipinski definition) is 2. The van der Waals surface area contributed by atoms with Crippen molar-refractivity contribution in [1.82, 2.24) is 34.0 Å². The molecule has 11 heteroatoms. The molecule has 0 radical (unpaired) electrons. The van der Waals surface area contributed by atoms with Gasteiger partial charge in [-0.15, -0.1) is 0 Å². The van der Waals surface area contributed by atoms with Gasteiger partial charge in [-0.25, -0.2) is 18.3 Å². The molecule has 0 unspecified atom stereocenters.